The van der Waals surface area contributed by atoms with E-state index in [1.807, 2.05) is 0 Å². The molecule has 0 radical (unpaired) electrons. The van der Waals surface area contributed by atoms with Crippen LogP contribution in [0.3, 0.4) is 0 Å². The number of nitrogens with zero attached hydrogens (tertiary/aromatic N) is 1. The van der Waals surface area contributed by atoms with Crippen LogP contribution in [0.15, 0.2) is 0 Å². The highest BCUT2D eigenvalue weighted by Gasteiger charge is 2.20. The second kappa shape index (κ2) is 8.90. The summed E-state index contributed by atoms with van der Waals surface area (Å²) in [5.41, 5.74) is 0. The first-order valence-corrected chi connectivity index (χ1v) is 7.33. The standard InChI is InChI=1S/C14H30N2O/c1-4-8-15-13(3)7-6-9-16-10-11-17-12-14(16)5-2/h13-15H,4-12H2,1-3H3. The molecule has 1 N–H and O–H groups in total. The Balaban J connectivity index is 2.11. The zero-order valence-electron chi connectivity index (χ0n) is 11.9. The largest absolute Gasteiger partial charge is 0.378 e. The monoisotopic (exact) mass is 242 g/mol. The van der Waals surface area contributed by atoms with E-state index in [-0.39, 0.29) is 0 Å². The molecule has 1 aliphatic heterocycles. The van der Waals surface area contributed by atoms with Crippen molar-refractivity contribution in [2.24, 2.45) is 0 Å². The second-order valence-electron chi connectivity index (χ2n) is 5.17. The zero-order valence-corrected chi connectivity index (χ0v) is 11.9. The SMILES string of the molecule is CCCNC(C)CCCN1CCOCC1CC. The lowest BCUT2D eigenvalue weighted by Gasteiger charge is -2.35. The third-order valence-corrected chi connectivity index (χ3v) is 3.65. The van der Waals surface area contributed by atoms with Crippen molar-refractivity contribution in [3.63, 3.8) is 0 Å². The number of rotatable bonds is 8. The Morgan fingerprint density at radius 1 is 1.41 bits per heavy atom. The predicted molar refractivity (Wildman–Crippen MR) is 73.5 cm³/mol. The quantitative estimate of drug-likeness (QED) is 0.706. The first kappa shape index (κ1) is 14.9. The lowest BCUT2D eigenvalue weighted by Crippen LogP contribution is -2.45. The Bertz CT molecular complexity index is 187. The summed E-state index contributed by atoms with van der Waals surface area (Å²) in [6.45, 7) is 12.1. The Labute approximate surface area is 107 Å². The summed E-state index contributed by atoms with van der Waals surface area (Å²) < 4.78 is 5.53. The second-order valence-corrected chi connectivity index (χ2v) is 5.17. The smallest absolute Gasteiger partial charge is 0.0622 e. The van der Waals surface area contributed by atoms with Crippen molar-refractivity contribution in [2.75, 3.05) is 32.8 Å². The van der Waals surface area contributed by atoms with Crippen LogP contribution >= 0.6 is 0 Å². The summed E-state index contributed by atoms with van der Waals surface area (Å²) in [5.74, 6) is 0. The molecule has 0 aromatic carbocycles. The number of morpholine rings is 1. The van der Waals surface area contributed by atoms with E-state index in [0.717, 1.165) is 26.3 Å². The first-order valence-electron chi connectivity index (χ1n) is 7.33. The average Bonchev–Trinajstić information content (AvgIpc) is 2.37. The van der Waals surface area contributed by atoms with Gasteiger partial charge in [-0.25, -0.2) is 0 Å². The van der Waals surface area contributed by atoms with E-state index in [1.54, 1.807) is 0 Å². The normalized spacial score (nSPS) is 23.8. The predicted octanol–water partition coefficient (Wildman–Crippen LogP) is 2.27. The lowest BCUT2D eigenvalue weighted by atomic mass is 10.1. The molecule has 2 unspecified atom stereocenters. The van der Waals surface area contributed by atoms with Gasteiger partial charge in [-0.05, 0) is 45.7 Å². The van der Waals surface area contributed by atoms with Gasteiger partial charge in [-0.1, -0.05) is 13.8 Å². The molecule has 102 valence electrons. The molecule has 1 aliphatic rings. The van der Waals surface area contributed by atoms with Gasteiger partial charge in [0.2, 0.25) is 0 Å². The molecular weight excluding hydrogens is 212 g/mol. The summed E-state index contributed by atoms with van der Waals surface area (Å²) in [6, 6.07) is 1.32. The summed E-state index contributed by atoms with van der Waals surface area (Å²) in [5, 5.41) is 3.55. The van der Waals surface area contributed by atoms with Crippen LogP contribution in [-0.4, -0.2) is 49.8 Å². The van der Waals surface area contributed by atoms with Gasteiger partial charge < -0.3 is 10.1 Å². The third kappa shape index (κ3) is 5.84. The third-order valence-electron chi connectivity index (χ3n) is 3.65. The molecule has 0 spiro atoms. The Hall–Kier alpha value is -0.120. The molecule has 1 fully saturated rings. The van der Waals surface area contributed by atoms with Gasteiger partial charge in [0.25, 0.3) is 0 Å². The minimum absolute atomic E-state index is 0.655. The van der Waals surface area contributed by atoms with Gasteiger partial charge in [0.05, 0.1) is 13.2 Å². The van der Waals surface area contributed by atoms with Gasteiger partial charge in [0.1, 0.15) is 0 Å². The maximum Gasteiger partial charge on any atom is 0.0622 e. The van der Waals surface area contributed by atoms with Crippen LogP contribution in [-0.2, 0) is 4.74 Å². The highest BCUT2D eigenvalue weighted by atomic mass is 16.5. The Morgan fingerprint density at radius 2 is 2.24 bits per heavy atom. The van der Waals surface area contributed by atoms with Crippen LogP contribution in [0.5, 0.6) is 0 Å². The number of nitrogens with one attached hydrogen (secondary N) is 1. The molecule has 0 bridgehead atoms. The lowest BCUT2D eigenvalue weighted by molar-refractivity contribution is -0.00933. The van der Waals surface area contributed by atoms with Crippen LogP contribution < -0.4 is 5.32 Å². The summed E-state index contributed by atoms with van der Waals surface area (Å²) in [4.78, 5) is 2.61. The average molecular weight is 242 g/mol. The molecule has 0 aliphatic carbocycles. The van der Waals surface area contributed by atoms with E-state index in [1.165, 1.54) is 32.2 Å². The van der Waals surface area contributed by atoms with Crippen molar-refractivity contribution in [3.05, 3.63) is 0 Å². The fourth-order valence-electron chi connectivity index (χ4n) is 2.45. The Morgan fingerprint density at radius 3 is 2.94 bits per heavy atom. The Kier molecular flexibility index (Phi) is 7.82. The topological polar surface area (TPSA) is 24.5 Å². The minimum Gasteiger partial charge on any atom is -0.378 e. The minimum atomic E-state index is 0.655. The molecule has 1 saturated heterocycles. The van der Waals surface area contributed by atoms with E-state index in [4.69, 9.17) is 4.74 Å². The van der Waals surface area contributed by atoms with Crippen molar-refractivity contribution in [2.45, 2.75) is 58.5 Å². The summed E-state index contributed by atoms with van der Waals surface area (Å²) >= 11 is 0. The van der Waals surface area contributed by atoms with Gasteiger partial charge in [-0.2, -0.15) is 0 Å². The fourth-order valence-corrected chi connectivity index (χ4v) is 2.45. The van der Waals surface area contributed by atoms with Crippen molar-refractivity contribution in [3.8, 4) is 0 Å². The molecule has 2 atom stereocenters. The van der Waals surface area contributed by atoms with Crippen molar-refractivity contribution < 1.29 is 4.74 Å². The molecule has 0 saturated carbocycles. The van der Waals surface area contributed by atoms with Crippen LogP contribution in [0.25, 0.3) is 0 Å². The van der Waals surface area contributed by atoms with Gasteiger partial charge in [-0.15, -0.1) is 0 Å². The van der Waals surface area contributed by atoms with Crippen molar-refractivity contribution >= 4 is 0 Å². The van der Waals surface area contributed by atoms with E-state index in [0.29, 0.717) is 12.1 Å². The van der Waals surface area contributed by atoms with Gasteiger partial charge in [0.15, 0.2) is 0 Å². The first-order chi connectivity index (χ1) is 8.27. The number of hydrogen-bond donors (Lipinski definition) is 1. The summed E-state index contributed by atoms with van der Waals surface area (Å²) in [6.07, 6.45) is 5.03. The van der Waals surface area contributed by atoms with Gasteiger partial charge >= 0.3 is 0 Å². The fraction of sp³-hybridized carbons (Fsp3) is 1.00. The highest BCUT2D eigenvalue weighted by molar-refractivity contribution is 4.74. The van der Waals surface area contributed by atoms with Crippen molar-refractivity contribution in [1.82, 2.24) is 10.2 Å². The van der Waals surface area contributed by atoms with Crippen LogP contribution in [0, 0.1) is 0 Å². The van der Waals surface area contributed by atoms with Crippen LogP contribution in [0.2, 0.25) is 0 Å². The van der Waals surface area contributed by atoms with Gasteiger partial charge in [-0.3, -0.25) is 4.90 Å². The van der Waals surface area contributed by atoms with Crippen LogP contribution in [0.1, 0.15) is 46.5 Å². The molecule has 3 heteroatoms. The molecule has 3 nitrogen and oxygen atoms in total. The van der Waals surface area contributed by atoms with Crippen molar-refractivity contribution in [1.29, 1.82) is 0 Å². The molecule has 0 amide bonds. The molecule has 17 heavy (non-hydrogen) atoms. The van der Waals surface area contributed by atoms with E-state index in [2.05, 4.69) is 31.0 Å². The maximum atomic E-state index is 5.53. The molecule has 1 heterocycles. The van der Waals surface area contributed by atoms with E-state index >= 15 is 0 Å². The summed E-state index contributed by atoms with van der Waals surface area (Å²) in [7, 11) is 0. The maximum absolute atomic E-state index is 5.53. The zero-order chi connectivity index (χ0) is 12.5. The highest BCUT2D eigenvalue weighted by Crippen LogP contribution is 2.11. The molecule has 0 aromatic heterocycles. The number of ether oxygens (including phenoxy) is 1. The van der Waals surface area contributed by atoms with Gasteiger partial charge in [0, 0.05) is 18.6 Å². The van der Waals surface area contributed by atoms with E-state index < -0.39 is 0 Å². The molecular formula is C14H30N2O. The number of hydrogen-bond acceptors (Lipinski definition) is 3. The van der Waals surface area contributed by atoms with E-state index in [9.17, 15) is 0 Å². The van der Waals surface area contributed by atoms with Crippen LogP contribution in [0.4, 0.5) is 0 Å². The molecule has 1 rings (SSSR count). The molecule has 0 aromatic rings.